The van der Waals surface area contributed by atoms with Gasteiger partial charge in [-0.1, -0.05) is 21.1 Å². The van der Waals surface area contributed by atoms with Crippen LogP contribution >= 0.6 is 31.9 Å². The molecule has 0 amide bonds. The van der Waals surface area contributed by atoms with Gasteiger partial charge in [-0.3, -0.25) is 0 Å². The number of benzene rings is 2. The van der Waals surface area contributed by atoms with Crippen LogP contribution in [0.2, 0.25) is 0 Å². The second-order valence-electron chi connectivity index (χ2n) is 4.32. The molecule has 0 fully saturated rings. The van der Waals surface area contributed by atoms with Crippen molar-refractivity contribution in [2.24, 2.45) is 0 Å². The summed E-state index contributed by atoms with van der Waals surface area (Å²) in [7, 11) is 0. The predicted molar refractivity (Wildman–Crippen MR) is 84.9 cm³/mol. The van der Waals surface area contributed by atoms with Crippen molar-refractivity contribution in [3.05, 3.63) is 51.2 Å². The lowest BCUT2D eigenvalue weighted by molar-refractivity contribution is 0.432. The number of nitrogens with two attached hydrogens (primary N) is 1. The van der Waals surface area contributed by atoms with Crippen molar-refractivity contribution < 1.29 is 8.91 Å². The van der Waals surface area contributed by atoms with Crippen molar-refractivity contribution in [1.29, 1.82) is 0 Å². The monoisotopic (exact) mass is 411 g/mol. The molecule has 0 atom stereocenters. The van der Waals surface area contributed by atoms with Crippen LogP contribution in [0, 0.1) is 5.82 Å². The Bertz CT molecular complexity index is 799. The third-order valence-corrected chi connectivity index (χ3v) is 3.94. The Balaban J connectivity index is 2.01. The van der Waals surface area contributed by atoms with Crippen molar-refractivity contribution in [3.63, 3.8) is 0 Å². The van der Waals surface area contributed by atoms with E-state index in [1.807, 2.05) is 0 Å². The Kier molecular flexibility index (Phi) is 3.77. The standard InChI is InChI=1S/C14H8Br2FN3O/c15-9-3-8(4-10(17)6-9)13-19-14(21-20-13)7-1-2-12(18)11(16)5-7/h1-6H,18H2. The molecule has 3 aromatic rings. The molecule has 3 rings (SSSR count). The summed E-state index contributed by atoms with van der Waals surface area (Å²) in [6, 6.07) is 9.73. The summed E-state index contributed by atoms with van der Waals surface area (Å²) in [4.78, 5) is 4.28. The Labute approximate surface area is 136 Å². The molecule has 0 radical (unpaired) electrons. The number of hydrogen-bond donors (Lipinski definition) is 1. The number of hydrogen-bond acceptors (Lipinski definition) is 4. The number of rotatable bonds is 2. The largest absolute Gasteiger partial charge is 0.398 e. The first-order valence-corrected chi connectivity index (χ1v) is 7.47. The summed E-state index contributed by atoms with van der Waals surface area (Å²) in [5, 5.41) is 3.88. The molecule has 1 heterocycles. The van der Waals surface area contributed by atoms with Crippen molar-refractivity contribution in [2.45, 2.75) is 0 Å². The van der Waals surface area contributed by atoms with Gasteiger partial charge in [0, 0.05) is 25.8 Å². The van der Waals surface area contributed by atoms with Crippen LogP contribution in [-0.4, -0.2) is 10.1 Å². The van der Waals surface area contributed by atoms with E-state index in [2.05, 4.69) is 42.0 Å². The smallest absolute Gasteiger partial charge is 0.258 e. The molecule has 0 saturated carbocycles. The van der Waals surface area contributed by atoms with Crippen LogP contribution in [0.15, 0.2) is 49.9 Å². The second kappa shape index (κ2) is 5.57. The zero-order valence-electron chi connectivity index (χ0n) is 10.5. The van der Waals surface area contributed by atoms with Gasteiger partial charge >= 0.3 is 0 Å². The van der Waals surface area contributed by atoms with Crippen molar-refractivity contribution in [2.75, 3.05) is 5.73 Å². The maximum atomic E-state index is 13.4. The Morgan fingerprint density at radius 3 is 2.57 bits per heavy atom. The zero-order valence-corrected chi connectivity index (χ0v) is 13.7. The third kappa shape index (κ3) is 2.98. The molecule has 0 aliphatic carbocycles. The highest BCUT2D eigenvalue weighted by molar-refractivity contribution is 9.10. The highest BCUT2D eigenvalue weighted by atomic mass is 79.9. The normalized spacial score (nSPS) is 10.8. The number of anilines is 1. The average Bonchev–Trinajstić information content (AvgIpc) is 2.90. The fourth-order valence-electron chi connectivity index (χ4n) is 1.80. The van der Waals surface area contributed by atoms with Crippen molar-refractivity contribution >= 4 is 37.5 Å². The number of halogens is 3. The molecule has 7 heteroatoms. The van der Waals surface area contributed by atoms with E-state index in [-0.39, 0.29) is 5.82 Å². The van der Waals surface area contributed by atoms with Crippen LogP contribution in [0.4, 0.5) is 10.1 Å². The summed E-state index contributed by atoms with van der Waals surface area (Å²) >= 11 is 6.58. The molecule has 0 aliphatic rings. The van der Waals surface area contributed by atoms with E-state index in [4.69, 9.17) is 10.3 Å². The minimum absolute atomic E-state index is 0.318. The quantitative estimate of drug-likeness (QED) is 0.622. The summed E-state index contributed by atoms with van der Waals surface area (Å²) in [5.74, 6) is 0.283. The van der Waals surface area contributed by atoms with Gasteiger partial charge in [-0.05, 0) is 52.3 Å². The van der Waals surface area contributed by atoms with Crippen LogP contribution in [0.1, 0.15) is 0 Å². The first-order chi connectivity index (χ1) is 10.0. The van der Waals surface area contributed by atoms with Gasteiger partial charge in [0.2, 0.25) is 5.82 Å². The number of aromatic nitrogens is 2. The van der Waals surface area contributed by atoms with Gasteiger partial charge in [-0.25, -0.2) is 4.39 Å². The van der Waals surface area contributed by atoms with Crippen LogP contribution in [0.25, 0.3) is 22.8 Å². The SMILES string of the molecule is Nc1ccc(-c2nc(-c3cc(F)cc(Br)c3)no2)cc1Br. The molecular weight excluding hydrogens is 405 g/mol. The van der Waals surface area contributed by atoms with Crippen LogP contribution in [0.5, 0.6) is 0 Å². The molecule has 0 spiro atoms. The molecule has 0 unspecified atom stereocenters. The molecule has 0 saturated heterocycles. The summed E-state index contributed by atoms with van der Waals surface area (Å²) < 4.78 is 20.0. The molecule has 0 bridgehead atoms. The van der Waals surface area contributed by atoms with E-state index >= 15 is 0 Å². The lowest BCUT2D eigenvalue weighted by Gasteiger charge is -1.99. The summed E-state index contributed by atoms with van der Waals surface area (Å²) in [6.07, 6.45) is 0. The van der Waals surface area contributed by atoms with Crippen LogP contribution in [-0.2, 0) is 0 Å². The van der Waals surface area contributed by atoms with E-state index in [0.717, 1.165) is 10.0 Å². The number of nitrogens with zero attached hydrogens (tertiary/aromatic N) is 2. The van der Waals surface area contributed by atoms with E-state index in [9.17, 15) is 4.39 Å². The molecule has 1 aromatic heterocycles. The minimum Gasteiger partial charge on any atom is -0.398 e. The lowest BCUT2D eigenvalue weighted by Crippen LogP contribution is -1.87. The maximum Gasteiger partial charge on any atom is 0.258 e. The molecule has 21 heavy (non-hydrogen) atoms. The average molecular weight is 413 g/mol. The van der Waals surface area contributed by atoms with Gasteiger partial charge in [-0.15, -0.1) is 0 Å². The Morgan fingerprint density at radius 2 is 1.86 bits per heavy atom. The Morgan fingerprint density at radius 1 is 1.05 bits per heavy atom. The molecule has 4 nitrogen and oxygen atoms in total. The topological polar surface area (TPSA) is 64.9 Å². The van der Waals surface area contributed by atoms with E-state index in [1.54, 1.807) is 24.3 Å². The second-order valence-corrected chi connectivity index (χ2v) is 6.09. The third-order valence-electron chi connectivity index (χ3n) is 2.79. The van der Waals surface area contributed by atoms with Crippen LogP contribution in [0.3, 0.4) is 0 Å². The first kappa shape index (κ1) is 14.2. The van der Waals surface area contributed by atoms with Crippen molar-refractivity contribution in [3.8, 4) is 22.8 Å². The fourth-order valence-corrected chi connectivity index (χ4v) is 2.65. The molecular formula is C14H8Br2FN3O. The van der Waals surface area contributed by atoms with Gasteiger partial charge in [0.1, 0.15) is 5.82 Å². The lowest BCUT2D eigenvalue weighted by atomic mass is 10.2. The van der Waals surface area contributed by atoms with Crippen molar-refractivity contribution in [1.82, 2.24) is 10.1 Å². The maximum absolute atomic E-state index is 13.4. The van der Waals surface area contributed by atoms with Gasteiger partial charge in [0.25, 0.3) is 5.89 Å². The summed E-state index contributed by atoms with van der Waals surface area (Å²) in [5.41, 5.74) is 7.61. The molecule has 106 valence electrons. The van der Waals surface area contributed by atoms with Gasteiger partial charge < -0.3 is 10.3 Å². The predicted octanol–water partition coefficient (Wildman–Crippen LogP) is 4.65. The van der Waals surface area contributed by atoms with E-state index in [0.29, 0.717) is 27.4 Å². The van der Waals surface area contributed by atoms with Gasteiger partial charge in [0.05, 0.1) is 0 Å². The van der Waals surface area contributed by atoms with E-state index in [1.165, 1.54) is 12.1 Å². The first-order valence-electron chi connectivity index (χ1n) is 5.88. The highest BCUT2D eigenvalue weighted by Gasteiger charge is 2.13. The van der Waals surface area contributed by atoms with Gasteiger partial charge in [0.15, 0.2) is 0 Å². The minimum atomic E-state index is -0.374. The van der Waals surface area contributed by atoms with Gasteiger partial charge in [-0.2, -0.15) is 4.98 Å². The zero-order chi connectivity index (χ0) is 15.0. The molecule has 2 N–H and O–H groups in total. The summed E-state index contributed by atoms with van der Waals surface area (Å²) in [6.45, 7) is 0. The highest BCUT2D eigenvalue weighted by Crippen LogP contribution is 2.28. The Hall–Kier alpha value is -1.73. The fraction of sp³-hybridized carbons (Fsp3) is 0. The van der Waals surface area contributed by atoms with E-state index < -0.39 is 0 Å². The number of nitrogen functional groups attached to an aromatic ring is 1. The van der Waals surface area contributed by atoms with Crippen LogP contribution < -0.4 is 5.73 Å². The molecule has 2 aromatic carbocycles. The molecule has 0 aliphatic heterocycles.